The van der Waals surface area contributed by atoms with Crippen molar-refractivity contribution in [2.45, 2.75) is 32.5 Å². The molecule has 0 aliphatic rings. The molecule has 1 heterocycles. The molecule has 0 aliphatic carbocycles. The Hall–Kier alpha value is -2.02. The molecule has 0 unspecified atom stereocenters. The fourth-order valence-corrected chi connectivity index (χ4v) is 2.73. The molecular weight excluding hydrogens is 300 g/mol. The highest BCUT2D eigenvalue weighted by Crippen LogP contribution is 2.23. The average Bonchev–Trinajstić information content (AvgIpc) is 2.80. The summed E-state index contributed by atoms with van der Waals surface area (Å²) in [5.41, 5.74) is 0.410. The number of benzene rings is 1. The number of thioether (sulfide) groups is 1. The van der Waals surface area contributed by atoms with E-state index >= 15 is 0 Å². The Bertz CT molecular complexity index is 655. The number of hydrogen-bond acceptors (Lipinski definition) is 5. The predicted molar refractivity (Wildman–Crippen MR) is 87.1 cm³/mol. The van der Waals surface area contributed by atoms with Crippen LogP contribution < -0.4 is 5.32 Å². The molecule has 0 bridgehead atoms. The molecule has 0 aliphatic heterocycles. The summed E-state index contributed by atoms with van der Waals surface area (Å²) < 4.78 is 2.02. The lowest BCUT2D eigenvalue weighted by atomic mass is 10.2. The van der Waals surface area contributed by atoms with Gasteiger partial charge in [0.15, 0.2) is 5.16 Å². The van der Waals surface area contributed by atoms with Crippen molar-refractivity contribution in [1.82, 2.24) is 14.8 Å². The van der Waals surface area contributed by atoms with E-state index in [1.807, 2.05) is 11.5 Å². The number of para-hydroxylation sites is 2. The molecule has 0 spiro atoms. The van der Waals surface area contributed by atoms with Gasteiger partial charge in [-0.2, -0.15) is 0 Å². The first-order valence-electron chi connectivity index (χ1n) is 7.08. The van der Waals surface area contributed by atoms with Gasteiger partial charge in [-0.05, 0) is 25.0 Å². The van der Waals surface area contributed by atoms with E-state index in [4.69, 9.17) is 0 Å². The van der Waals surface area contributed by atoms with Crippen LogP contribution in [0.4, 0.5) is 5.69 Å². The number of aromatic hydroxyl groups is 1. The average molecular weight is 320 g/mol. The summed E-state index contributed by atoms with van der Waals surface area (Å²) in [6.45, 7) is 6.97. The highest BCUT2D eigenvalue weighted by molar-refractivity contribution is 7.99. The Morgan fingerprint density at radius 2 is 2.09 bits per heavy atom. The van der Waals surface area contributed by atoms with Crippen molar-refractivity contribution < 1.29 is 9.90 Å². The van der Waals surface area contributed by atoms with Crippen LogP contribution in [0, 0.1) is 12.8 Å². The second-order valence-electron chi connectivity index (χ2n) is 5.39. The second kappa shape index (κ2) is 7.31. The second-order valence-corrected chi connectivity index (χ2v) is 6.33. The van der Waals surface area contributed by atoms with E-state index in [-0.39, 0.29) is 17.4 Å². The third-order valence-electron chi connectivity index (χ3n) is 2.96. The molecule has 0 fully saturated rings. The third-order valence-corrected chi connectivity index (χ3v) is 3.93. The van der Waals surface area contributed by atoms with Gasteiger partial charge in [0, 0.05) is 6.54 Å². The van der Waals surface area contributed by atoms with E-state index < -0.39 is 0 Å². The zero-order chi connectivity index (χ0) is 16.1. The largest absolute Gasteiger partial charge is 0.506 e. The molecule has 0 saturated heterocycles. The summed E-state index contributed by atoms with van der Waals surface area (Å²) in [4.78, 5) is 12.0. The Morgan fingerprint density at radius 1 is 1.36 bits per heavy atom. The van der Waals surface area contributed by atoms with Crippen LogP contribution in [0.25, 0.3) is 0 Å². The van der Waals surface area contributed by atoms with Gasteiger partial charge in [-0.3, -0.25) is 4.79 Å². The number of carbonyl (C=O) groups is 1. The van der Waals surface area contributed by atoms with Crippen LogP contribution in [0.2, 0.25) is 0 Å². The van der Waals surface area contributed by atoms with E-state index in [1.165, 1.54) is 17.8 Å². The van der Waals surface area contributed by atoms with E-state index in [2.05, 4.69) is 29.4 Å². The maximum absolute atomic E-state index is 12.0. The summed E-state index contributed by atoms with van der Waals surface area (Å²) in [5, 5.41) is 21.2. The summed E-state index contributed by atoms with van der Waals surface area (Å²) in [7, 11) is 0. The van der Waals surface area contributed by atoms with Crippen molar-refractivity contribution >= 4 is 23.4 Å². The number of aromatic nitrogens is 3. The Labute approximate surface area is 133 Å². The summed E-state index contributed by atoms with van der Waals surface area (Å²) >= 11 is 1.34. The molecule has 1 aromatic carbocycles. The minimum atomic E-state index is -0.191. The van der Waals surface area contributed by atoms with Gasteiger partial charge in [-0.1, -0.05) is 37.7 Å². The van der Waals surface area contributed by atoms with E-state index in [0.29, 0.717) is 11.6 Å². The normalized spacial score (nSPS) is 10.9. The first kappa shape index (κ1) is 16.4. The van der Waals surface area contributed by atoms with Crippen LogP contribution in [0.1, 0.15) is 19.7 Å². The fourth-order valence-electron chi connectivity index (χ4n) is 1.94. The topological polar surface area (TPSA) is 80.0 Å². The number of phenolic OH excluding ortho intramolecular Hbond substituents is 1. The number of anilines is 1. The number of carbonyl (C=O) groups excluding carboxylic acids is 1. The monoisotopic (exact) mass is 320 g/mol. The van der Waals surface area contributed by atoms with Crippen LogP contribution in [-0.2, 0) is 11.3 Å². The van der Waals surface area contributed by atoms with Crippen LogP contribution in [0.3, 0.4) is 0 Å². The van der Waals surface area contributed by atoms with Crippen LogP contribution in [0.15, 0.2) is 29.4 Å². The molecule has 2 N–H and O–H groups in total. The van der Waals surface area contributed by atoms with E-state index in [0.717, 1.165) is 17.5 Å². The number of phenols is 1. The molecule has 1 amide bonds. The van der Waals surface area contributed by atoms with Crippen LogP contribution >= 0.6 is 11.8 Å². The highest BCUT2D eigenvalue weighted by atomic mass is 32.2. The molecule has 2 rings (SSSR count). The maximum Gasteiger partial charge on any atom is 0.234 e. The third kappa shape index (κ3) is 4.24. The number of amides is 1. The first-order valence-corrected chi connectivity index (χ1v) is 8.06. The molecule has 0 radical (unpaired) electrons. The molecule has 22 heavy (non-hydrogen) atoms. The van der Waals surface area contributed by atoms with Crippen molar-refractivity contribution in [2.75, 3.05) is 11.1 Å². The van der Waals surface area contributed by atoms with Crippen LogP contribution in [-0.4, -0.2) is 31.5 Å². The predicted octanol–water partition coefficient (Wildman–Crippen LogP) is 2.68. The lowest BCUT2D eigenvalue weighted by Gasteiger charge is -2.11. The van der Waals surface area contributed by atoms with E-state index in [1.54, 1.807) is 18.2 Å². The smallest absolute Gasteiger partial charge is 0.234 e. The Morgan fingerprint density at radius 3 is 2.77 bits per heavy atom. The number of hydrogen-bond donors (Lipinski definition) is 2. The SMILES string of the molecule is Cc1nnc(SCC(=O)Nc2ccccc2O)n1CC(C)C. The molecule has 6 nitrogen and oxygen atoms in total. The quantitative estimate of drug-likeness (QED) is 0.632. The Kier molecular flexibility index (Phi) is 5.43. The minimum absolute atomic E-state index is 0.0552. The molecule has 7 heteroatoms. The van der Waals surface area contributed by atoms with Gasteiger partial charge in [0.05, 0.1) is 11.4 Å². The maximum atomic E-state index is 12.0. The van der Waals surface area contributed by atoms with Gasteiger partial charge >= 0.3 is 0 Å². The summed E-state index contributed by atoms with van der Waals surface area (Å²) in [6, 6.07) is 6.65. The summed E-state index contributed by atoms with van der Waals surface area (Å²) in [5.74, 6) is 1.40. The highest BCUT2D eigenvalue weighted by Gasteiger charge is 2.13. The summed E-state index contributed by atoms with van der Waals surface area (Å²) in [6.07, 6.45) is 0. The van der Waals surface area contributed by atoms with Gasteiger partial charge in [0.25, 0.3) is 0 Å². The van der Waals surface area contributed by atoms with Crippen molar-refractivity contribution in [3.05, 3.63) is 30.1 Å². The van der Waals surface area contributed by atoms with Gasteiger partial charge in [0.2, 0.25) is 5.91 Å². The van der Waals surface area contributed by atoms with Crippen molar-refractivity contribution in [1.29, 1.82) is 0 Å². The minimum Gasteiger partial charge on any atom is -0.506 e. The van der Waals surface area contributed by atoms with Crippen molar-refractivity contribution in [3.63, 3.8) is 0 Å². The molecule has 0 saturated carbocycles. The molecule has 118 valence electrons. The molecule has 1 aromatic heterocycles. The van der Waals surface area contributed by atoms with Gasteiger partial charge < -0.3 is 15.0 Å². The zero-order valence-electron chi connectivity index (χ0n) is 12.9. The van der Waals surface area contributed by atoms with Gasteiger partial charge in [-0.15, -0.1) is 10.2 Å². The lowest BCUT2D eigenvalue weighted by molar-refractivity contribution is -0.113. The number of rotatable bonds is 6. The van der Waals surface area contributed by atoms with E-state index in [9.17, 15) is 9.90 Å². The van der Waals surface area contributed by atoms with Gasteiger partial charge in [0.1, 0.15) is 11.6 Å². The Balaban J connectivity index is 1.96. The van der Waals surface area contributed by atoms with Crippen LogP contribution in [0.5, 0.6) is 5.75 Å². The van der Waals surface area contributed by atoms with Crippen molar-refractivity contribution in [3.8, 4) is 5.75 Å². The number of nitrogens with zero attached hydrogens (tertiary/aromatic N) is 3. The number of aryl methyl sites for hydroxylation is 1. The molecule has 0 atom stereocenters. The number of nitrogens with one attached hydrogen (secondary N) is 1. The molecular formula is C15H20N4O2S. The standard InChI is InChI=1S/C15H20N4O2S/c1-10(2)8-19-11(3)17-18-15(19)22-9-14(21)16-12-6-4-5-7-13(12)20/h4-7,10,20H,8-9H2,1-3H3,(H,16,21). The van der Waals surface area contributed by atoms with Gasteiger partial charge in [-0.25, -0.2) is 0 Å². The lowest BCUT2D eigenvalue weighted by Crippen LogP contribution is -2.15. The van der Waals surface area contributed by atoms with Crippen molar-refractivity contribution in [2.24, 2.45) is 5.92 Å². The fraction of sp³-hybridized carbons (Fsp3) is 0.400. The first-order chi connectivity index (χ1) is 10.5. The zero-order valence-corrected chi connectivity index (χ0v) is 13.7. The molecule has 2 aromatic rings.